The fourth-order valence-corrected chi connectivity index (χ4v) is 2.99. The SMILES string of the molecule is O=C1NC(=Nc2cccc(Br)c2)S/C1=C\c1cccnc1. The van der Waals surface area contributed by atoms with E-state index in [1.165, 1.54) is 11.8 Å². The van der Waals surface area contributed by atoms with Crippen molar-refractivity contribution in [1.29, 1.82) is 0 Å². The van der Waals surface area contributed by atoms with Crippen molar-refractivity contribution in [3.8, 4) is 0 Å². The number of carbonyl (C=O) groups excluding carboxylic acids is 1. The number of pyridine rings is 1. The number of benzene rings is 1. The Morgan fingerprint density at radius 1 is 1.29 bits per heavy atom. The number of hydrogen-bond acceptors (Lipinski definition) is 4. The Balaban J connectivity index is 1.83. The number of aromatic nitrogens is 1. The predicted molar refractivity (Wildman–Crippen MR) is 89.2 cm³/mol. The van der Waals surface area contributed by atoms with Crippen LogP contribution in [-0.2, 0) is 4.79 Å². The van der Waals surface area contributed by atoms with Crippen LogP contribution in [0, 0.1) is 0 Å². The topological polar surface area (TPSA) is 54.4 Å². The molecule has 104 valence electrons. The van der Waals surface area contributed by atoms with Gasteiger partial charge in [-0.25, -0.2) is 4.99 Å². The Bertz CT molecular complexity index is 744. The molecule has 0 spiro atoms. The average molecular weight is 360 g/mol. The number of aliphatic imine (C=N–C) groups is 1. The summed E-state index contributed by atoms with van der Waals surface area (Å²) < 4.78 is 0.949. The number of hydrogen-bond donors (Lipinski definition) is 1. The number of nitrogens with zero attached hydrogens (tertiary/aromatic N) is 2. The number of halogens is 1. The molecule has 0 unspecified atom stereocenters. The van der Waals surface area contributed by atoms with E-state index in [4.69, 9.17) is 0 Å². The third-order valence-corrected chi connectivity index (χ3v) is 4.08. The molecule has 1 amide bonds. The van der Waals surface area contributed by atoms with Crippen molar-refractivity contribution in [2.75, 3.05) is 0 Å². The van der Waals surface area contributed by atoms with E-state index in [1.54, 1.807) is 18.5 Å². The van der Waals surface area contributed by atoms with Gasteiger partial charge in [0.15, 0.2) is 5.17 Å². The molecule has 4 nitrogen and oxygen atoms in total. The molecule has 1 aromatic carbocycles. The largest absolute Gasteiger partial charge is 0.300 e. The first-order chi connectivity index (χ1) is 10.2. The van der Waals surface area contributed by atoms with Crippen molar-refractivity contribution in [2.24, 2.45) is 4.99 Å². The van der Waals surface area contributed by atoms with E-state index in [-0.39, 0.29) is 5.91 Å². The molecule has 6 heteroatoms. The van der Waals surface area contributed by atoms with Gasteiger partial charge in [-0.2, -0.15) is 0 Å². The quantitative estimate of drug-likeness (QED) is 0.831. The molecule has 2 aromatic rings. The van der Waals surface area contributed by atoms with Gasteiger partial charge in [-0.3, -0.25) is 9.78 Å². The van der Waals surface area contributed by atoms with Crippen molar-refractivity contribution >= 4 is 50.5 Å². The summed E-state index contributed by atoms with van der Waals surface area (Å²) in [5, 5.41) is 3.34. The second kappa shape index (κ2) is 6.24. The van der Waals surface area contributed by atoms with Gasteiger partial charge >= 0.3 is 0 Å². The van der Waals surface area contributed by atoms with Crippen LogP contribution in [0.4, 0.5) is 5.69 Å². The van der Waals surface area contributed by atoms with Gasteiger partial charge in [0.25, 0.3) is 5.91 Å². The van der Waals surface area contributed by atoms with Crippen LogP contribution in [0.15, 0.2) is 63.2 Å². The van der Waals surface area contributed by atoms with Crippen LogP contribution in [0.25, 0.3) is 6.08 Å². The van der Waals surface area contributed by atoms with E-state index in [0.29, 0.717) is 10.1 Å². The summed E-state index contributed by atoms with van der Waals surface area (Å²) in [7, 11) is 0. The van der Waals surface area contributed by atoms with E-state index >= 15 is 0 Å². The van der Waals surface area contributed by atoms with Gasteiger partial charge in [0.05, 0.1) is 10.6 Å². The van der Waals surface area contributed by atoms with Crippen LogP contribution < -0.4 is 5.32 Å². The summed E-state index contributed by atoms with van der Waals surface area (Å²) in [6, 6.07) is 11.3. The molecule has 1 aromatic heterocycles. The van der Waals surface area contributed by atoms with Crippen LogP contribution in [0.1, 0.15) is 5.56 Å². The number of nitrogens with one attached hydrogen (secondary N) is 1. The van der Waals surface area contributed by atoms with E-state index in [2.05, 4.69) is 31.2 Å². The van der Waals surface area contributed by atoms with Gasteiger partial charge in [-0.05, 0) is 47.7 Å². The van der Waals surface area contributed by atoms with Crippen LogP contribution in [-0.4, -0.2) is 16.1 Å². The summed E-state index contributed by atoms with van der Waals surface area (Å²) in [6.45, 7) is 0. The number of carbonyl (C=O) groups is 1. The fraction of sp³-hybridized carbons (Fsp3) is 0. The predicted octanol–water partition coefficient (Wildman–Crippen LogP) is 3.74. The smallest absolute Gasteiger partial charge is 0.264 e. The molecule has 0 aliphatic carbocycles. The highest BCUT2D eigenvalue weighted by atomic mass is 79.9. The summed E-state index contributed by atoms with van der Waals surface area (Å²) in [6.07, 6.45) is 5.21. The first-order valence-electron chi connectivity index (χ1n) is 6.16. The highest BCUT2D eigenvalue weighted by Gasteiger charge is 2.23. The highest BCUT2D eigenvalue weighted by Crippen LogP contribution is 2.28. The number of thioether (sulfide) groups is 1. The summed E-state index contributed by atoms with van der Waals surface area (Å²) in [5.41, 5.74) is 1.67. The third kappa shape index (κ3) is 3.59. The van der Waals surface area contributed by atoms with Gasteiger partial charge in [0.1, 0.15) is 0 Å². The summed E-state index contributed by atoms with van der Waals surface area (Å²) in [5.74, 6) is -0.141. The number of amides is 1. The molecule has 1 aliphatic rings. The van der Waals surface area contributed by atoms with Crippen molar-refractivity contribution in [2.45, 2.75) is 0 Å². The molecule has 1 aliphatic heterocycles. The Hall–Kier alpha value is -1.92. The third-order valence-electron chi connectivity index (χ3n) is 2.67. The lowest BCUT2D eigenvalue weighted by molar-refractivity contribution is -0.115. The highest BCUT2D eigenvalue weighted by molar-refractivity contribution is 9.10. The molecule has 1 fully saturated rings. The Labute approximate surface area is 134 Å². The molecule has 0 saturated carbocycles. The normalized spacial score (nSPS) is 18.2. The molecule has 0 bridgehead atoms. The molecule has 0 radical (unpaired) electrons. The Kier molecular flexibility index (Phi) is 4.17. The monoisotopic (exact) mass is 359 g/mol. The van der Waals surface area contributed by atoms with Crippen LogP contribution in [0.2, 0.25) is 0 Å². The Morgan fingerprint density at radius 2 is 2.19 bits per heavy atom. The van der Waals surface area contributed by atoms with Crippen LogP contribution in [0.5, 0.6) is 0 Å². The first-order valence-corrected chi connectivity index (χ1v) is 7.77. The molecule has 1 N–H and O–H groups in total. The fourth-order valence-electron chi connectivity index (χ4n) is 1.76. The minimum Gasteiger partial charge on any atom is -0.300 e. The van der Waals surface area contributed by atoms with Gasteiger partial charge in [-0.15, -0.1) is 0 Å². The molecule has 3 rings (SSSR count). The molecule has 0 atom stereocenters. The van der Waals surface area contributed by atoms with Crippen molar-refractivity contribution in [3.63, 3.8) is 0 Å². The minimum absolute atomic E-state index is 0.141. The van der Waals surface area contributed by atoms with Crippen molar-refractivity contribution < 1.29 is 4.79 Å². The van der Waals surface area contributed by atoms with Crippen molar-refractivity contribution in [1.82, 2.24) is 10.3 Å². The maximum atomic E-state index is 11.9. The van der Waals surface area contributed by atoms with Gasteiger partial charge in [-0.1, -0.05) is 28.1 Å². The lowest BCUT2D eigenvalue weighted by atomic mass is 10.2. The van der Waals surface area contributed by atoms with E-state index in [0.717, 1.165) is 15.7 Å². The van der Waals surface area contributed by atoms with Gasteiger partial charge in [0, 0.05) is 16.9 Å². The molecule has 1 saturated heterocycles. The first kappa shape index (κ1) is 14.0. The lowest BCUT2D eigenvalue weighted by Gasteiger charge is -1.96. The minimum atomic E-state index is -0.141. The second-order valence-corrected chi connectivity index (χ2v) is 6.19. The van der Waals surface area contributed by atoms with E-state index in [1.807, 2.05) is 36.4 Å². The number of amidine groups is 1. The molecular weight excluding hydrogens is 350 g/mol. The van der Waals surface area contributed by atoms with E-state index in [9.17, 15) is 4.79 Å². The average Bonchev–Trinajstić information content (AvgIpc) is 2.80. The molecular formula is C15H10BrN3OS. The maximum Gasteiger partial charge on any atom is 0.264 e. The van der Waals surface area contributed by atoms with Crippen LogP contribution >= 0.6 is 27.7 Å². The zero-order valence-electron chi connectivity index (χ0n) is 10.8. The maximum absolute atomic E-state index is 11.9. The second-order valence-electron chi connectivity index (χ2n) is 4.25. The zero-order valence-corrected chi connectivity index (χ0v) is 13.2. The standard InChI is InChI=1S/C15H10BrN3OS/c16-11-4-1-5-12(8-11)18-15-19-14(20)13(21-15)7-10-3-2-6-17-9-10/h1-9H,(H,18,19,20)/b13-7-. The summed E-state index contributed by atoms with van der Waals surface area (Å²) in [4.78, 5) is 21.0. The molecule has 2 heterocycles. The van der Waals surface area contributed by atoms with E-state index < -0.39 is 0 Å². The molecule has 21 heavy (non-hydrogen) atoms. The van der Waals surface area contributed by atoms with Crippen LogP contribution in [0.3, 0.4) is 0 Å². The van der Waals surface area contributed by atoms with Crippen molar-refractivity contribution in [3.05, 3.63) is 63.7 Å². The number of rotatable bonds is 2. The Morgan fingerprint density at radius 3 is 2.95 bits per heavy atom. The lowest BCUT2D eigenvalue weighted by Crippen LogP contribution is -2.19. The summed E-state index contributed by atoms with van der Waals surface area (Å²) >= 11 is 4.72. The van der Waals surface area contributed by atoms with Gasteiger partial charge in [0.2, 0.25) is 0 Å². The zero-order chi connectivity index (χ0) is 14.7. The van der Waals surface area contributed by atoms with Gasteiger partial charge < -0.3 is 5.32 Å².